The van der Waals surface area contributed by atoms with Crippen LogP contribution in [0.5, 0.6) is 0 Å². The van der Waals surface area contributed by atoms with Crippen molar-refractivity contribution >= 4 is 21.6 Å². The van der Waals surface area contributed by atoms with Crippen molar-refractivity contribution in [2.24, 2.45) is 0 Å². The molecule has 66 valence electrons. The molecule has 0 spiro atoms. The molecule has 1 aromatic carbocycles. The van der Waals surface area contributed by atoms with Gasteiger partial charge < -0.3 is 5.32 Å². The lowest BCUT2D eigenvalue weighted by atomic mass is 10.1. The highest BCUT2D eigenvalue weighted by molar-refractivity contribution is 9.10. The first kappa shape index (κ1) is 9.52. The topological polar surface area (TPSA) is 12.0 Å². The van der Waals surface area contributed by atoms with E-state index in [0.717, 1.165) is 15.7 Å². The van der Waals surface area contributed by atoms with Crippen molar-refractivity contribution < 1.29 is 4.39 Å². The van der Waals surface area contributed by atoms with Gasteiger partial charge in [0.2, 0.25) is 0 Å². The summed E-state index contributed by atoms with van der Waals surface area (Å²) < 4.78 is 13.9. The van der Waals surface area contributed by atoms with Crippen molar-refractivity contribution in [3.8, 4) is 0 Å². The summed E-state index contributed by atoms with van der Waals surface area (Å²) in [5, 5.41) is 2.98. The molecule has 1 aromatic rings. The zero-order valence-electron chi connectivity index (χ0n) is 7.12. The van der Waals surface area contributed by atoms with Crippen LogP contribution in [-0.4, -0.2) is 7.05 Å². The van der Waals surface area contributed by atoms with E-state index >= 15 is 0 Å². The molecule has 0 aliphatic rings. The molecule has 0 saturated carbocycles. The molecule has 0 saturated heterocycles. The summed E-state index contributed by atoms with van der Waals surface area (Å²) >= 11 is 3.27. The standard InChI is InChI=1S/C9H11BrFN/c1-3-6-4-9(12-2)7(10)5-8(6)11/h4-5,12H,3H2,1-2H3. The number of hydrogen-bond donors (Lipinski definition) is 1. The van der Waals surface area contributed by atoms with E-state index in [9.17, 15) is 4.39 Å². The second-order valence-corrected chi connectivity index (χ2v) is 3.38. The second kappa shape index (κ2) is 3.90. The number of rotatable bonds is 2. The van der Waals surface area contributed by atoms with E-state index in [1.165, 1.54) is 6.07 Å². The molecule has 0 aromatic heterocycles. The Kier molecular flexibility index (Phi) is 3.09. The summed E-state index contributed by atoms with van der Waals surface area (Å²) in [7, 11) is 1.82. The van der Waals surface area contributed by atoms with Gasteiger partial charge in [-0.3, -0.25) is 0 Å². The number of hydrogen-bond acceptors (Lipinski definition) is 1. The molecule has 0 fully saturated rings. The number of halogens is 2. The minimum atomic E-state index is -0.150. The van der Waals surface area contributed by atoms with Crippen molar-refractivity contribution in [3.05, 3.63) is 28.0 Å². The van der Waals surface area contributed by atoms with E-state index in [1.807, 2.05) is 20.0 Å². The molecule has 0 aliphatic heterocycles. The van der Waals surface area contributed by atoms with Gasteiger partial charge >= 0.3 is 0 Å². The Labute approximate surface area is 80.1 Å². The van der Waals surface area contributed by atoms with Crippen molar-refractivity contribution in [3.63, 3.8) is 0 Å². The number of anilines is 1. The summed E-state index contributed by atoms with van der Waals surface area (Å²) in [5.41, 5.74) is 1.66. The average Bonchev–Trinajstić information content (AvgIpc) is 2.05. The Hall–Kier alpha value is -0.570. The first-order chi connectivity index (χ1) is 5.69. The van der Waals surface area contributed by atoms with Crippen LogP contribution in [0, 0.1) is 5.82 Å². The van der Waals surface area contributed by atoms with Crippen LogP contribution < -0.4 is 5.32 Å². The Morgan fingerprint density at radius 2 is 2.17 bits per heavy atom. The van der Waals surface area contributed by atoms with Gasteiger partial charge in [0.05, 0.1) is 0 Å². The van der Waals surface area contributed by atoms with Gasteiger partial charge in [-0.2, -0.15) is 0 Å². The predicted molar refractivity (Wildman–Crippen MR) is 53.0 cm³/mol. The molecule has 0 aliphatic carbocycles. The van der Waals surface area contributed by atoms with E-state index < -0.39 is 0 Å². The Bertz CT molecular complexity index is 261. The molecule has 0 radical (unpaired) electrons. The van der Waals surface area contributed by atoms with E-state index in [-0.39, 0.29) is 5.82 Å². The lowest BCUT2D eigenvalue weighted by Crippen LogP contribution is -1.94. The lowest BCUT2D eigenvalue weighted by Gasteiger charge is -2.06. The van der Waals surface area contributed by atoms with Crippen molar-refractivity contribution in [1.29, 1.82) is 0 Å². The zero-order valence-corrected chi connectivity index (χ0v) is 8.70. The fourth-order valence-electron chi connectivity index (χ4n) is 1.06. The van der Waals surface area contributed by atoms with E-state index in [4.69, 9.17) is 0 Å². The summed E-state index contributed by atoms with van der Waals surface area (Å²) in [4.78, 5) is 0. The molecular formula is C9H11BrFN. The summed E-state index contributed by atoms with van der Waals surface area (Å²) in [5.74, 6) is -0.150. The summed E-state index contributed by atoms with van der Waals surface area (Å²) in [6.07, 6.45) is 0.716. The first-order valence-corrected chi connectivity index (χ1v) is 4.64. The van der Waals surface area contributed by atoms with Gasteiger partial charge in [-0.1, -0.05) is 6.92 Å². The van der Waals surface area contributed by atoms with Crippen LogP contribution >= 0.6 is 15.9 Å². The van der Waals surface area contributed by atoms with Gasteiger partial charge in [-0.05, 0) is 40.0 Å². The Balaban J connectivity index is 3.18. The third-order valence-corrected chi connectivity index (χ3v) is 2.44. The van der Waals surface area contributed by atoms with Crippen molar-refractivity contribution in [1.82, 2.24) is 0 Å². The lowest BCUT2D eigenvalue weighted by molar-refractivity contribution is 0.611. The van der Waals surface area contributed by atoms with Gasteiger partial charge in [0.15, 0.2) is 0 Å². The Morgan fingerprint density at radius 3 is 2.67 bits per heavy atom. The van der Waals surface area contributed by atoms with Crippen LogP contribution in [0.1, 0.15) is 12.5 Å². The molecule has 1 N–H and O–H groups in total. The van der Waals surface area contributed by atoms with Crippen LogP contribution in [0.2, 0.25) is 0 Å². The molecule has 1 nitrogen and oxygen atoms in total. The normalized spacial score (nSPS) is 10.0. The predicted octanol–water partition coefficient (Wildman–Crippen LogP) is 3.19. The number of aryl methyl sites for hydroxylation is 1. The van der Waals surface area contributed by atoms with Crippen LogP contribution in [0.3, 0.4) is 0 Å². The molecule has 0 atom stereocenters. The molecule has 0 bridgehead atoms. The molecule has 12 heavy (non-hydrogen) atoms. The molecular weight excluding hydrogens is 221 g/mol. The Morgan fingerprint density at radius 1 is 1.50 bits per heavy atom. The molecule has 0 amide bonds. The molecule has 0 unspecified atom stereocenters. The van der Waals surface area contributed by atoms with Crippen molar-refractivity contribution in [2.75, 3.05) is 12.4 Å². The summed E-state index contributed by atoms with van der Waals surface area (Å²) in [6.45, 7) is 1.94. The highest BCUT2D eigenvalue weighted by Crippen LogP contribution is 2.25. The van der Waals surface area contributed by atoms with Crippen LogP contribution in [0.25, 0.3) is 0 Å². The van der Waals surface area contributed by atoms with Gasteiger partial charge in [0.25, 0.3) is 0 Å². The minimum Gasteiger partial charge on any atom is -0.387 e. The fraction of sp³-hybridized carbons (Fsp3) is 0.333. The molecule has 3 heteroatoms. The monoisotopic (exact) mass is 231 g/mol. The highest BCUT2D eigenvalue weighted by atomic mass is 79.9. The van der Waals surface area contributed by atoms with Crippen LogP contribution in [0.15, 0.2) is 16.6 Å². The van der Waals surface area contributed by atoms with Gasteiger partial charge in [-0.15, -0.1) is 0 Å². The SMILES string of the molecule is CCc1cc(NC)c(Br)cc1F. The zero-order chi connectivity index (χ0) is 9.14. The third-order valence-electron chi connectivity index (χ3n) is 1.79. The quantitative estimate of drug-likeness (QED) is 0.825. The second-order valence-electron chi connectivity index (χ2n) is 2.53. The van der Waals surface area contributed by atoms with E-state index in [0.29, 0.717) is 6.42 Å². The molecule has 1 rings (SSSR count). The fourth-order valence-corrected chi connectivity index (χ4v) is 1.57. The molecule has 0 heterocycles. The van der Waals surface area contributed by atoms with Crippen molar-refractivity contribution in [2.45, 2.75) is 13.3 Å². The maximum absolute atomic E-state index is 13.1. The van der Waals surface area contributed by atoms with Gasteiger partial charge in [-0.25, -0.2) is 4.39 Å². The third kappa shape index (κ3) is 1.78. The van der Waals surface area contributed by atoms with Gasteiger partial charge in [0.1, 0.15) is 5.82 Å². The van der Waals surface area contributed by atoms with E-state index in [2.05, 4.69) is 21.2 Å². The van der Waals surface area contributed by atoms with Gasteiger partial charge in [0, 0.05) is 17.2 Å². The average molecular weight is 232 g/mol. The van der Waals surface area contributed by atoms with Crippen LogP contribution in [-0.2, 0) is 6.42 Å². The summed E-state index contributed by atoms with van der Waals surface area (Å²) in [6, 6.07) is 3.31. The smallest absolute Gasteiger partial charge is 0.127 e. The highest BCUT2D eigenvalue weighted by Gasteiger charge is 2.04. The maximum atomic E-state index is 13.1. The largest absolute Gasteiger partial charge is 0.387 e. The first-order valence-electron chi connectivity index (χ1n) is 3.84. The minimum absolute atomic E-state index is 0.150. The van der Waals surface area contributed by atoms with E-state index in [1.54, 1.807) is 0 Å². The number of nitrogens with one attached hydrogen (secondary N) is 1. The number of benzene rings is 1. The maximum Gasteiger partial charge on any atom is 0.127 e. The van der Waals surface area contributed by atoms with Crippen LogP contribution in [0.4, 0.5) is 10.1 Å².